The Morgan fingerprint density at radius 3 is 2.44 bits per heavy atom. The van der Waals surface area contributed by atoms with Crippen LogP contribution in [-0.2, 0) is 9.53 Å². The minimum absolute atomic E-state index is 0.331. The van der Waals surface area contributed by atoms with E-state index in [1.807, 2.05) is 6.08 Å². The van der Waals surface area contributed by atoms with Gasteiger partial charge in [-0.2, -0.15) is 0 Å². The Hall–Kier alpha value is -0.540. The van der Waals surface area contributed by atoms with E-state index in [1.165, 1.54) is 0 Å². The molecule has 0 aliphatic carbocycles. The number of rotatable bonds is 7. The van der Waals surface area contributed by atoms with E-state index in [4.69, 9.17) is 16.3 Å². The van der Waals surface area contributed by atoms with Crippen LogP contribution < -0.4 is 0 Å². The predicted octanol–water partition coefficient (Wildman–Crippen LogP) is 2.79. The number of hydrogen-bond acceptors (Lipinski definition) is 3. The van der Waals surface area contributed by atoms with E-state index in [2.05, 4.69) is 18.7 Å². The molecular formula is C12H22ClNO2. The van der Waals surface area contributed by atoms with Crippen LogP contribution in [0.4, 0.5) is 0 Å². The Balaban J connectivity index is 3.99. The zero-order chi connectivity index (χ0) is 12.6. The third-order valence-electron chi connectivity index (χ3n) is 2.38. The number of halogens is 1. The van der Waals surface area contributed by atoms with E-state index in [0.717, 1.165) is 26.1 Å². The second kappa shape index (κ2) is 8.59. The highest BCUT2D eigenvalue weighted by atomic mass is 35.5. The zero-order valence-electron chi connectivity index (χ0n) is 10.6. The molecule has 0 amide bonds. The number of carbonyl (C=O) groups is 1. The van der Waals surface area contributed by atoms with Crippen LogP contribution in [0.5, 0.6) is 0 Å². The van der Waals surface area contributed by atoms with E-state index in [1.54, 1.807) is 13.8 Å². The van der Waals surface area contributed by atoms with Crippen molar-refractivity contribution in [1.29, 1.82) is 0 Å². The van der Waals surface area contributed by atoms with Gasteiger partial charge in [-0.15, -0.1) is 0 Å². The van der Waals surface area contributed by atoms with Crippen molar-refractivity contribution in [3.63, 3.8) is 0 Å². The van der Waals surface area contributed by atoms with E-state index >= 15 is 0 Å². The van der Waals surface area contributed by atoms with Crippen molar-refractivity contribution >= 4 is 17.6 Å². The predicted molar refractivity (Wildman–Crippen MR) is 67.6 cm³/mol. The van der Waals surface area contributed by atoms with Crippen LogP contribution in [0, 0.1) is 0 Å². The van der Waals surface area contributed by atoms with Gasteiger partial charge in [0, 0.05) is 12.1 Å². The SMILES string of the molecule is CCN(CC)CCC=C(C)C(=O)OC(C)Cl. The molecule has 4 heteroatoms. The molecule has 0 aliphatic rings. The highest BCUT2D eigenvalue weighted by Crippen LogP contribution is 2.05. The van der Waals surface area contributed by atoms with Crippen LogP contribution in [0.2, 0.25) is 0 Å². The topological polar surface area (TPSA) is 29.5 Å². The van der Waals surface area contributed by atoms with Crippen LogP contribution in [-0.4, -0.2) is 36.1 Å². The fourth-order valence-corrected chi connectivity index (χ4v) is 1.41. The Morgan fingerprint density at radius 2 is 2.00 bits per heavy atom. The van der Waals surface area contributed by atoms with Crippen molar-refractivity contribution < 1.29 is 9.53 Å². The van der Waals surface area contributed by atoms with E-state index in [0.29, 0.717) is 5.57 Å². The number of ether oxygens (including phenoxy) is 1. The van der Waals surface area contributed by atoms with Gasteiger partial charge in [0.15, 0.2) is 5.56 Å². The third kappa shape index (κ3) is 6.85. The summed E-state index contributed by atoms with van der Waals surface area (Å²) in [6, 6.07) is 0. The van der Waals surface area contributed by atoms with Gasteiger partial charge in [-0.05, 0) is 33.4 Å². The monoisotopic (exact) mass is 247 g/mol. The number of carbonyl (C=O) groups excluding carboxylic acids is 1. The molecule has 0 saturated heterocycles. The fourth-order valence-electron chi connectivity index (χ4n) is 1.33. The van der Waals surface area contributed by atoms with Crippen molar-refractivity contribution in [3.05, 3.63) is 11.6 Å². The van der Waals surface area contributed by atoms with Crippen molar-refractivity contribution in [2.75, 3.05) is 19.6 Å². The smallest absolute Gasteiger partial charge is 0.334 e. The summed E-state index contributed by atoms with van der Waals surface area (Å²) in [7, 11) is 0. The normalized spacial score (nSPS) is 14.0. The maximum Gasteiger partial charge on any atom is 0.334 e. The van der Waals surface area contributed by atoms with Crippen molar-refractivity contribution in [2.24, 2.45) is 0 Å². The van der Waals surface area contributed by atoms with Gasteiger partial charge in [0.1, 0.15) is 0 Å². The summed E-state index contributed by atoms with van der Waals surface area (Å²) in [5.41, 5.74) is 0.0540. The average molecular weight is 248 g/mol. The Morgan fingerprint density at radius 1 is 1.44 bits per heavy atom. The molecule has 0 aromatic carbocycles. The van der Waals surface area contributed by atoms with Crippen molar-refractivity contribution in [1.82, 2.24) is 4.90 Å². The molecule has 0 aliphatic heterocycles. The molecule has 0 bridgehead atoms. The zero-order valence-corrected chi connectivity index (χ0v) is 11.4. The quantitative estimate of drug-likeness (QED) is 0.394. The van der Waals surface area contributed by atoms with Gasteiger partial charge in [0.25, 0.3) is 0 Å². The molecule has 0 aromatic rings. The Bertz CT molecular complexity index is 235. The Kier molecular flexibility index (Phi) is 8.30. The molecule has 3 nitrogen and oxygen atoms in total. The van der Waals surface area contributed by atoms with Crippen LogP contribution in [0.15, 0.2) is 11.6 Å². The van der Waals surface area contributed by atoms with Crippen molar-refractivity contribution in [2.45, 2.75) is 39.7 Å². The van der Waals surface area contributed by atoms with Crippen LogP contribution in [0.3, 0.4) is 0 Å². The molecule has 94 valence electrons. The largest absolute Gasteiger partial charge is 0.443 e. The second-order valence-corrected chi connectivity index (χ2v) is 4.27. The minimum atomic E-state index is -0.571. The molecule has 0 N–H and O–H groups in total. The lowest BCUT2D eigenvalue weighted by molar-refractivity contribution is -0.140. The van der Waals surface area contributed by atoms with Gasteiger partial charge >= 0.3 is 5.97 Å². The molecule has 1 atom stereocenters. The minimum Gasteiger partial charge on any atom is -0.443 e. The molecule has 0 aromatic heterocycles. The Labute approximate surface area is 103 Å². The molecular weight excluding hydrogens is 226 g/mol. The molecule has 1 unspecified atom stereocenters. The molecule has 0 heterocycles. The highest BCUT2D eigenvalue weighted by molar-refractivity contribution is 6.20. The lowest BCUT2D eigenvalue weighted by atomic mass is 10.2. The molecule has 0 saturated carbocycles. The lowest BCUT2D eigenvalue weighted by Crippen LogP contribution is -2.23. The summed E-state index contributed by atoms with van der Waals surface area (Å²) >= 11 is 5.57. The molecule has 16 heavy (non-hydrogen) atoms. The lowest BCUT2D eigenvalue weighted by Gasteiger charge is -2.16. The first-order valence-electron chi connectivity index (χ1n) is 5.75. The van der Waals surface area contributed by atoms with Gasteiger partial charge < -0.3 is 9.64 Å². The van der Waals surface area contributed by atoms with Crippen LogP contribution in [0.25, 0.3) is 0 Å². The summed E-state index contributed by atoms with van der Waals surface area (Å²) in [6.07, 6.45) is 2.76. The number of hydrogen-bond donors (Lipinski definition) is 0. The standard InChI is InChI=1S/C12H22ClNO2/c1-5-14(6-2)9-7-8-10(3)12(15)16-11(4)13/h8,11H,5-7,9H2,1-4H3. The number of nitrogens with zero attached hydrogens (tertiary/aromatic N) is 1. The third-order valence-corrected chi connectivity index (χ3v) is 2.47. The van der Waals surface area contributed by atoms with E-state index in [9.17, 15) is 4.79 Å². The van der Waals surface area contributed by atoms with E-state index < -0.39 is 5.56 Å². The number of alkyl halides is 1. The van der Waals surface area contributed by atoms with Gasteiger partial charge in [-0.1, -0.05) is 31.5 Å². The summed E-state index contributed by atoms with van der Waals surface area (Å²) in [6.45, 7) is 10.7. The summed E-state index contributed by atoms with van der Waals surface area (Å²) in [4.78, 5) is 13.7. The average Bonchev–Trinajstić information content (AvgIpc) is 2.23. The molecule has 0 fully saturated rings. The molecule has 0 rings (SSSR count). The fraction of sp³-hybridized carbons (Fsp3) is 0.750. The maximum absolute atomic E-state index is 11.4. The number of esters is 1. The highest BCUT2D eigenvalue weighted by Gasteiger charge is 2.08. The van der Waals surface area contributed by atoms with Crippen LogP contribution in [0.1, 0.15) is 34.1 Å². The van der Waals surface area contributed by atoms with Crippen molar-refractivity contribution in [3.8, 4) is 0 Å². The van der Waals surface area contributed by atoms with Gasteiger partial charge in [-0.25, -0.2) is 4.79 Å². The van der Waals surface area contributed by atoms with Gasteiger partial charge in [0.05, 0.1) is 0 Å². The second-order valence-electron chi connectivity index (χ2n) is 3.65. The first-order chi connectivity index (χ1) is 7.51. The van der Waals surface area contributed by atoms with Gasteiger partial charge in [-0.3, -0.25) is 0 Å². The maximum atomic E-state index is 11.4. The summed E-state index contributed by atoms with van der Waals surface area (Å²) < 4.78 is 4.87. The van der Waals surface area contributed by atoms with Gasteiger partial charge in [0.2, 0.25) is 0 Å². The molecule has 0 radical (unpaired) electrons. The van der Waals surface area contributed by atoms with E-state index in [-0.39, 0.29) is 5.97 Å². The first kappa shape index (κ1) is 15.5. The summed E-state index contributed by atoms with van der Waals surface area (Å²) in [5.74, 6) is -0.331. The van der Waals surface area contributed by atoms with Crippen LogP contribution >= 0.6 is 11.6 Å². The first-order valence-corrected chi connectivity index (χ1v) is 6.19. The summed E-state index contributed by atoms with van der Waals surface area (Å²) in [5, 5.41) is 0. The molecule has 0 spiro atoms.